The molecule has 0 aromatic heterocycles. The van der Waals surface area contributed by atoms with Crippen molar-refractivity contribution in [1.29, 1.82) is 0 Å². The van der Waals surface area contributed by atoms with Crippen molar-refractivity contribution in [3.8, 4) is 11.5 Å². The number of hydrogen-bond donors (Lipinski definition) is 1. The summed E-state index contributed by atoms with van der Waals surface area (Å²) in [4.78, 5) is 0. The van der Waals surface area contributed by atoms with Crippen LogP contribution in [0.2, 0.25) is 0 Å². The van der Waals surface area contributed by atoms with E-state index in [1.54, 1.807) is 24.3 Å². The van der Waals surface area contributed by atoms with Crippen molar-refractivity contribution in [3.63, 3.8) is 0 Å². The van der Waals surface area contributed by atoms with E-state index in [9.17, 15) is 0 Å². The van der Waals surface area contributed by atoms with Crippen LogP contribution in [0, 0.1) is 0 Å². The van der Waals surface area contributed by atoms with E-state index in [1.807, 2.05) is 6.92 Å². The Bertz CT molecular complexity index is 279. The second-order valence-corrected chi connectivity index (χ2v) is 2.74. The molecule has 1 rings (SSSR count). The molecule has 0 saturated carbocycles. The summed E-state index contributed by atoms with van der Waals surface area (Å²) in [5.74, 6) is 0.882. The molecule has 0 aliphatic heterocycles. The van der Waals surface area contributed by atoms with Crippen LogP contribution < -0.4 is 4.74 Å². The SMILES string of the molecule is C=C(C)COc1cccc(O)c1. The van der Waals surface area contributed by atoms with E-state index in [4.69, 9.17) is 9.84 Å². The molecular weight excluding hydrogens is 152 g/mol. The third-order valence-corrected chi connectivity index (χ3v) is 1.30. The van der Waals surface area contributed by atoms with Gasteiger partial charge >= 0.3 is 0 Å². The molecule has 0 saturated heterocycles. The fourth-order valence-corrected chi connectivity index (χ4v) is 0.780. The number of aromatic hydroxyl groups is 1. The van der Waals surface area contributed by atoms with Gasteiger partial charge in [0.1, 0.15) is 18.1 Å². The third-order valence-electron chi connectivity index (χ3n) is 1.30. The van der Waals surface area contributed by atoms with E-state index in [1.165, 1.54) is 0 Å². The summed E-state index contributed by atoms with van der Waals surface area (Å²) < 4.78 is 5.29. The Hall–Kier alpha value is -1.44. The highest BCUT2D eigenvalue weighted by atomic mass is 16.5. The molecule has 0 unspecified atom stereocenters. The highest BCUT2D eigenvalue weighted by Crippen LogP contribution is 2.17. The molecular formula is C10H12O2. The maximum absolute atomic E-state index is 9.08. The Balaban J connectivity index is 2.57. The van der Waals surface area contributed by atoms with Crippen LogP contribution >= 0.6 is 0 Å². The third kappa shape index (κ3) is 2.66. The van der Waals surface area contributed by atoms with Crippen LogP contribution in [0.1, 0.15) is 6.92 Å². The van der Waals surface area contributed by atoms with Crippen molar-refractivity contribution in [2.24, 2.45) is 0 Å². The molecule has 12 heavy (non-hydrogen) atoms. The van der Waals surface area contributed by atoms with Crippen molar-refractivity contribution >= 4 is 0 Å². The molecule has 0 atom stereocenters. The summed E-state index contributed by atoms with van der Waals surface area (Å²) in [6, 6.07) is 6.71. The van der Waals surface area contributed by atoms with Gasteiger partial charge in [-0.05, 0) is 24.6 Å². The Morgan fingerprint density at radius 2 is 2.33 bits per heavy atom. The number of benzene rings is 1. The lowest BCUT2D eigenvalue weighted by Crippen LogP contribution is -1.96. The van der Waals surface area contributed by atoms with Crippen molar-refractivity contribution in [1.82, 2.24) is 0 Å². The second kappa shape index (κ2) is 3.81. The summed E-state index contributed by atoms with van der Waals surface area (Å²) in [6.07, 6.45) is 0. The molecule has 0 aliphatic rings. The fraction of sp³-hybridized carbons (Fsp3) is 0.200. The lowest BCUT2D eigenvalue weighted by molar-refractivity contribution is 0.350. The van der Waals surface area contributed by atoms with Crippen LogP contribution in [0.3, 0.4) is 0 Å². The van der Waals surface area contributed by atoms with Crippen LogP contribution in [0.15, 0.2) is 36.4 Å². The van der Waals surface area contributed by atoms with Crippen molar-refractivity contribution in [2.75, 3.05) is 6.61 Å². The predicted molar refractivity (Wildman–Crippen MR) is 48.4 cm³/mol. The van der Waals surface area contributed by atoms with E-state index in [2.05, 4.69) is 6.58 Å². The molecule has 0 fully saturated rings. The van der Waals surface area contributed by atoms with Crippen LogP contribution in [-0.2, 0) is 0 Å². The summed E-state index contributed by atoms with van der Waals surface area (Å²) in [6.45, 7) is 6.09. The molecule has 0 bridgehead atoms. The molecule has 2 nitrogen and oxygen atoms in total. The zero-order chi connectivity index (χ0) is 8.97. The van der Waals surface area contributed by atoms with Crippen LogP contribution in [0.5, 0.6) is 11.5 Å². The van der Waals surface area contributed by atoms with Crippen molar-refractivity contribution in [3.05, 3.63) is 36.4 Å². The monoisotopic (exact) mass is 164 g/mol. The van der Waals surface area contributed by atoms with Gasteiger partial charge in [0, 0.05) is 6.07 Å². The Labute approximate surface area is 72.1 Å². The average molecular weight is 164 g/mol. The van der Waals surface area contributed by atoms with Gasteiger partial charge in [0.25, 0.3) is 0 Å². The number of ether oxygens (including phenoxy) is 1. The van der Waals surface area contributed by atoms with Gasteiger partial charge in [-0.15, -0.1) is 0 Å². The van der Waals surface area contributed by atoms with E-state index >= 15 is 0 Å². The first-order valence-electron chi connectivity index (χ1n) is 3.74. The minimum atomic E-state index is 0.217. The van der Waals surface area contributed by atoms with Crippen LogP contribution in [0.4, 0.5) is 0 Å². The van der Waals surface area contributed by atoms with E-state index in [0.717, 1.165) is 5.57 Å². The fourth-order valence-electron chi connectivity index (χ4n) is 0.780. The number of hydrogen-bond acceptors (Lipinski definition) is 2. The number of phenols is 1. The van der Waals surface area contributed by atoms with Gasteiger partial charge in [-0.25, -0.2) is 0 Å². The van der Waals surface area contributed by atoms with E-state index in [-0.39, 0.29) is 5.75 Å². The molecule has 1 aromatic rings. The van der Waals surface area contributed by atoms with Crippen molar-refractivity contribution in [2.45, 2.75) is 6.92 Å². The smallest absolute Gasteiger partial charge is 0.123 e. The molecule has 0 heterocycles. The molecule has 2 heteroatoms. The molecule has 1 aromatic carbocycles. The summed E-state index contributed by atoms with van der Waals surface area (Å²) in [7, 11) is 0. The molecule has 0 amide bonds. The van der Waals surface area contributed by atoms with Crippen LogP contribution in [0.25, 0.3) is 0 Å². The first-order valence-corrected chi connectivity index (χ1v) is 3.74. The highest BCUT2D eigenvalue weighted by Gasteiger charge is 1.93. The van der Waals surface area contributed by atoms with Gasteiger partial charge in [-0.1, -0.05) is 12.6 Å². The molecule has 0 aliphatic carbocycles. The van der Waals surface area contributed by atoms with Gasteiger partial charge in [-0.2, -0.15) is 0 Å². The molecule has 64 valence electrons. The maximum Gasteiger partial charge on any atom is 0.123 e. The van der Waals surface area contributed by atoms with E-state index < -0.39 is 0 Å². The summed E-state index contributed by atoms with van der Waals surface area (Å²) in [5, 5.41) is 9.08. The second-order valence-electron chi connectivity index (χ2n) is 2.74. The van der Waals surface area contributed by atoms with Gasteiger partial charge in [0.05, 0.1) is 0 Å². The minimum Gasteiger partial charge on any atom is -0.508 e. The van der Waals surface area contributed by atoms with Crippen LogP contribution in [-0.4, -0.2) is 11.7 Å². The summed E-state index contributed by atoms with van der Waals surface area (Å²) in [5.41, 5.74) is 0.957. The van der Waals surface area contributed by atoms with Gasteiger partial charge in [-0.3, -0.25) is 0 Å². The maximum atomic E-state index is 9.08. The number of phenolic OH excluding ortho intramolecular Hbond substituents is 1. The zero-order valence-corrected chi connectivity index (χ0v) is 7.08. The lowest BCUT2D eigenvalue weighted by atomic mass is 10.3. The molecule has 0 spiro atoms. The quantitative estimate of drug-likeness (QED) is 0.695. The Morgan fingerprint density at radius 3 is 2.92 bits per heavy atom. The van der Waals surface area contributed by atoms with E-state index in [0.29, 0.717) is 12.4 Å². The Kier molecular flexibility index (Phi) is 2.75. The van der Waals surface area contributed by atoms with Gasteiger partial charge in [0.2, 0.25) is 0 Å². The van der Waals surface area contributed by atoms with Crippen molar-refractivity contribution < 1.29 is 9.84 Å². The largest absolute Gasteiger partial charge is 0.508 e. The first-order chi connectivity index (χ1) is 5.68. The molecule has 1 N–H and O–H groups in total. The lowest BCUT2D eigenvalue weighted by Gasteiger charge is -2.04. The van der Waals surface area contributed by atoms with Gasteiger partial charge in [0.15, 0.2) is 0 Å². The zero-order valence-electron chi connectivity index (χ0n) is 7.08. The normalized spacial score (nSPS) is 9.42. The average Bonchev–Trinajstić information content (AvgIpc) is 2.01. The topological polar surface area (TPSA) is 29.5 Å². The van der Waals surface area contributed by atoms with Gasteiger partial charge < -0.3 is 9.84 Å². The number of rotatable bonds is 3. The highest BCUT2D eigenvalue weighted by molar-refractivity contribution is 5.31. The Morgan fingerprint density at radius 1 is 1.58 bits per heavy atom. The predicted octanol–water partition coefficient (Wildman–Crippen LogP) is 2.35. The standard InChI is InChI=1S/C10H12O2/c1-8(2)7-12-10-5-3-4-9(11)6-10/h3-6,11H,1,7H2,2H3. The minimum absolute atomic E-state index is 0.217. The first kappa shape index (κ1) is 8.65. The summed E-state index contributed by atoms with van der Waals surface area (Å²) >= 11 is 0. The molecule has 0 radical (unpaired) electrons.